The van der Waals surface area contributed by atoms with Gasteiger partial charge in [0.15, 0.2) is 15.1 Å². The van der Waals surface area contributed by atoms with E-state index in [0.717, 1.165) is 28.7 Å². The smallest absolute Gasteiger partial charge is 0.247 e. The lowest BCUT2D eigenvalue weighted by Gasteiger charge is -2.12. The maximum absolute atomic E-state index is 12.5. The van der Waals surface area contributed by atoms with Crippen molar-refractivity contribution in [2.45, 2.75) is 19.1 Å². The van der Waals surface area contributed by atoms with Crippen LogP contribution in [0.3, 0.4) is 0 Å². The zero-order valence-electron chi connectivity index (χ0n) is 17.2. The van der Waals surface area contributed by atoms with Crippen LogP contribution in [-0.4, -0.2) is 47.1 Å². The first-order chi connectivity index (χ1) is 14.6. The van der Waals surface area contributed by atoms with Gasteiger partial charge in [-0.2, -0.15) is 0 Å². The summed E-state index contributed by atoms with van der Waals surface area (Å²) in [5, 5.41) is 6.27. The van der Waals surface area contributed by atoms with Crippen molar-refractivity contribution in [1.82, 2.24) is 15.3 Å². The van der Waals surface area contributed by atoms with Crippen LogP contribution in [0.15, 0.2) is 41.3 Å². The molecule has 0 aliphatic carbocycles. The van der Waals surface area contributed by atoms with Gasteiger partial charge >= 0.3 is 0 Å². The average Bonchev–Trinajstić information content (AvgIpc) is 3.11. The summed E-state index contributed by atoms with van der Waals surface area (Å²) in [5.74, 6) is -0.720. The SMILES string of the molecule is CC.CS(=O)(=O)C(C(=O)NCCS(N)=O)c1nc2ccc(-c3ccc(=O)[nH]c3)cc2s1. The van der Waals surface area contributed by atoms with E-state index in [1.165, 1.54) is 6.07 Å². The van der Waals surface area contributed by atoms with E-state index in [1.807, 2.05) is 19.9 Å². The quantitative estimate of drug-likeness (QED) is 0.462. The van der Waals surface area contributed by atoms with Crippen LogP contribution in [0.2, 0.25) is 0 Å². The van der Waals surface area contributed by atoms with Gasteiger partial charge in [0.25, 0.3) is 0 Å². The van der Waals surface area contributed by atoms with Gasteiger partial charge in [0.05, 0.1) is 27.0 Å². The predicted molar refractivity (Wildman–Crippen MR) is 125 cm³/mol. The van der Waals surface area contributed by atoms with Crippen LogP contribution in [-0.2, 0) is 25.6 Å². The first-order valence-corrected chi connectivity index (χ1v) is 13.5. The van der Waals surface area contributed by atoms with Gasteiger partial charge < -0.3 is 10.3 Å². The molecule has 9 nitrogen and oxygen atoms in total. The molecule has 0 radical (unpaired) electrons. The van der Waals surface area contributed by atoms with E-state index in [-0.39, 0.29) is 22.9 Å². The lowest BCUT2D eigenvalue weighted by atomic mass is 10.1. The van der Waals surface area contributed by atoms with Crippen LogP contribution in [0.4, 0.5) is 0 Å². The Morgan fingerprint density at radius 1 is 1.26 bits per heavy atom. The summed E-state index contributed by atoms with van der Waals surface area (Å²) in [6.45, 7) is 4.00. The van der Waals surface area contributed by atoms with Crippen molar-refractivity contribution in [2.24, 2.45) is 5.14 Å². The van der Waals surface area contributed by atoms with Gasteiger partial charge in [-0.25, -0.2) is 17.6 Å². The molecule has 3 rings (SSSR count). The van der Waals surface area contributed by atoms with E-state index >= 15 is 0 Å². The molecule has 2 unspecified atom stereocenters. The van der Waals surface area contributed by atoms with Crippen molar-refractivity contribution in [3.8, 4) is 11.1 Å². The summed E-state index contributed by atoms with van der Waals surface area (Å²) >= 11 is 1.10. The summed E-state index contributed by atoms with van der Waals surface area (Å²) in [7, 11) is -5.39. The lowest BCUT2D eigenvalue weighted by molar-refractivity contribution is -0.120. The molecule has 0 aliphatic rings. The number of benzene rings is 1. The molecule has 0 saturated carbocycles. The van der Waals surface area contributed by atoms with Crippen LogP contribution in [0.5, 0.6) is 0 Å². The molecule has 1 amide bonds. The molecule has 0 saturated heterocycles. The highest BCUT2D eigenvalue weighted by Gasteiger charge is 2.33. The maximum Gasteiger partial charge on any atom is 0.247 e. The fourth-order valence-electron chi connectivity index (χ4n) is 2.68. The van der Waals surface area contributed by atoms with Crippen molar-refractivity contribution >= 4 is 48.3 Å². The van der Waals surface area contributed by atoms with Gasteiger partial charge in [-0.1, -0.05) is 19.9 Å². The topological polar surface area (TPSA) is 152 Å². The van der Waals surface area contributed by atoms with E-state index in [4.69, 9.17) is 5.14 Å². The summed E-state index contributed by atoms with van der Waals surface area (Å²) in [6.07, 6.45) is 2.55. The Morgan fingerprint density at radius 3 is 2.52 bits per heavy atom. The lowest BCUT2D eigenvalue weighted by Crippen LogP contribution is -2.36. The maximum atomic E-state index is 12.5. The molecule has 1 aromatic carbocycles. The zero-order valence-corrected chi connectivity index (χ0v) is 19.7. The number of aromatic amines is 1. The normalized spacial score (nSPS) is 13.2. The van der Waals surface area contributed by atoms with Crippen molar-refractivity contribution in [2.75, 3.05) is 18.6 Å². The fourth-order valence-corrected chi connectivity index (χ4v) is 5.53. The molecule has 4 N–H and O–H groups in total. The van der Waals surface area contributed by atoms with Gasteiger partial charge in [0.1, 0.15) is 5.01 Å². The van der Waals surface area contributed by atoms with Gasteiger partial charge in [-0.3, -0.25) is 14.7 Å². The van der Waals surface area contributed by atoms with Gasteiger partial charge in [-0.15, -0.1) is 11.3 Å². The molecule has 0 spiro atoms. The highest BCUT2D eigenvalue weighted by molar-refractivity contribution is 7.91. The van der Waals surface area contributed by atoms with E-state index in [0.29, 0.717) is 10.2 Å². The fraction of sp³-hybridized carbons (Fsp3) is 0.316. The van der Waals surface area contributed by atoms with E-state index < -0.39 is 32.0 Å². The van der Waals surface area contributed by atoms with Crippen molar-refractivity contribution < 1.29 is 17.4 Å². The third kappa shape index (κ3) is 6.53. The highest BCUT2D eigenvalue weighted by atomic mass is 32.2. The predicted octanol–water partition coefficient (Wildman–Crippen LogP) is 1.50. The first-order valence-electron chi connectivity index (χ1n) is 9.34. The Kier molecular flexibility index (Phi) is 8.62. The molecular formula is C19H24N4O5S3. The number of nitrogens with one attached hydrogen (secondary N) is 2. The number of hydrogen-bond donors (Lipinski definition) is 3. The Morgan fingerprint density at radius 2 is 1.94 bits per heavy atom. The number of H-pyrrole nitrogens is 1. The Hall–Kier alpha value is -2.41. The monoisotopic (exact) mass is 484 g/mol. The van der Waals surface area contributed by atoms with E-state index in [2.05, 4.69) is 15.3 Å². The second-order valence-electron chi connectivity index (χ2n) is 6.26. The molecule has 0 aliphatic heterocycles. The van der Waals surface area contributed by atoms with Gasteiger partial charge in [0, 0.05) is 25.1 Å². The Bertz CT molecular complexity index is 1230. The standard InChI is InChI=1S/C17H18N4O5S3.C2H6/c1-29(25,26)15(16(23)19-6-7-28(18)24)17-21-12-4-2-10(8-13(12)27-17)11-3-5-14(22)20-9-11;1-2/h2-5,8-9,15H,6-7,18H2,1H3,(H,19,23)(H,20,22);1-2H3. The number of nitrogens with zero attached hydrogens (tertiary/aromatic N) is 1. The van der Waals surface area contributed by atoms with Gasteiger partial charge in [0.2, 0.25) is 11.5 Å². The third-order valence-electron chi connectivity index (χ3n) is 4.02. The number of thiazole rings is 1. The number of hydrogen-bond acceptors (Lipinski definition) is 7. The number of fused-ring (bicyclic) bond motifs is 1. The summed E-state index contributed by atoms with van der Waals surface area (Å²) < 4.78 is 36.1. The summed E-state index contributed by atoms with van der Waals surface area (Å²) in [4.78, 5) is 30.6. The van der Waals surface area contributed by atoms with E-state index in [9.17, 15) is 22.2 Å². The molecule has 2 atom stereocenters. The Labute approximate surface area is 186 Å². The van der Waals surface area contributed by atoms with Crippen LogP contribution in [0.25, 0.3) is 21.3 Å². The molecular weight excluding hydrogens is 460 g/mol. The number of amides is 1. The third-order valence-corrected chi connectivity index (χ3v) is 7.15. The molecule has 2 heterocycles. The Balaban J connectivity index is 0.00000166. The number of pyridine rings is 1. The number of carbonyl (C=O) groups excluding carboxylic acids is 1. The number of rotatable bonds is 7. The molecule has 12 heteroatoms. The van der Waals surface area contributed by atoms with Crippen LogP contribution in [0, 0.1) is 0 Å². The zero-order chi connectivity index (χ0) is 23.2. The first kappa shape index (κ1) is 24.9. The van der Waals surface area contributed by atoms with Crippen LogP contribution < -0.4 is 16.0 Å². The van der Waals surface area contributed by atoms with Crippen LogP contribution >= 0.6 is 11.3 Å². The molecule has 0 fully saturated rings. The van der Waals surface area contributed by atoms with Crippen LogP contribution in [0.1, 0.15) is 24.1 Å². The number of aromatic nitrogens is 2. The second kappa shape index (κ2) is 10.8. The number of sulfone groups is 1. The van der Waals surface area contributed by atoms with Crippen molar-refractivity contribution in [1.29, 1.82) is 0 Å². The minimum atomic E-state index is -3.79. The average molecular weight is 485 g/mol. The number of nitrogens with two attached hydrogens (primary N) is 1. The molecule has 3 aromatic rings. The van der Waals surface area contributed by atoms with Crippen molar-refractivity contribution in [3.63, 3.8) is 0 Å². The molecule has 31 heavy (non-hydrogen) atoms. The minimum absolute atomic E-state index is 0.00474. The van der Waals surface area contributed by atoms with Crippen molar-refractivity contribution in [3.05, 3.63) is 51.9 Å². The molecule has 0 bridgehead atoms. The van der Waals surface area contributed by atoms with Gasteiger partial charge in [-0.05, 0) is 29.3 Å². The van der Waals surface area contributed by atoms with E-state index in [1.54, 1.807) is 24.4 Å². The minimum Gasteiger partial charge on any atom is -0.354 e. The summed E-state index contributed by atoms with van der Waals surface area (Å²) in [6, 6.07) is 8.43. The number of carbonyl (C=O) groups is 1. The second-order valence-corrected chi connectivity index (χ2v) is 10.6. The molecule has 168 valence electrons. The largest absolute Gasteiger partial charge is 0.354 e. The molecule has 2 aromatic heterocycles. The highest BCUT2D eigenvalue weighted by Crippen LogP contribution is 2.33. The summed E-state index contributed by atoms with van der Waals surface area (Å²) in [5.41, 5.74) is 1.95.